The zero-order valence-corrected chi connectivity index (χ0v) is 16.7. The molecule has 0 spiro atoms. The molecule has 25 heavy (non-hydrogen) atoms. The molecular formula is C22H38N2O. The second-order valence-electron chi connectivity index (χ2n) is 7.11. The van der Waals surface area contributed by atoms with Crippen LogP contribution in [0.3, 0.4) is 0 Å². The number of rotatable bonds is 14. The van der Waals surface area contributed by atoms with Gasteiger partial charge in [-0.3, -0.25) is 4.79 Å². The number of carbonyl (C=O) groups excluding carboxylic acids is 1. The molecule has 0 saturated heterocycles. The number of hydrogen-bond acceptors (Lipinski definition) is 2. The summed E-state index contributed by atoms with van der Waals surface area (Å²) in [5, 5.41) is 0. The van der Waals surface area contributed by atoms with Crippen LogP contribution in [-0.4, -0.2) is 30.4 Å². The fourth-order valence-corrected chi connectivity index (χ4v) is 3.21. The van der Waals surface area contributed by atoms with E-state index >= 15 is 0 Å². The van der Waals surface area contributed by atoms with Crippen molar-refractivity contribution < 1.29 is 4.79 Å². The van der Waals surface area contributed by atoms with Crippen molar-refractivity contribution in [1.82, 2.24) is 4.90 Å². The number of benzene rings is 1. The van der Waals surface area contributed by atoms with Crippen LogP contribution in [0.1, 0.15) is 87.2 Å². The summed E-state index contributed by atoms with van der Waals surface area (Å²) in [5.74, 6) is -0.302. The van der Waals surface area contributed by atoms with E-state index in [0.717, 1.165) is 38.0 Å². The molecule has 0 bridgehead atoms. The monoisotopic (exact) mass is 346 g/mol. The first-order chi connectivity index (χ1) is 12.1. The van der Waals surface area contributed by atoms with Gasteiger partial charge in [-0.2, -0.15) is 0 Å². The summed E-state index contributed by atoms with van der Waals surface area (Å²) in [4.78, 5) is 14.3. The highest BCUT2D eigenvalue weighted by molar-refractivity contribution is 5.94. The number of hydrogen-bond donors (Lipinski definition) is 1. The lowest BCUT2D eigenvalue weighted by Gasteiger charge is -2.22. The number of aryl methyl sites for hydroxylation is 1. The first kappa shape index (κ1) is 21.7. The molecule has 3 heteroatoms. The Kier molecular flexibility index (Phi) is 11.2. The number of primary amides is 1. The average Bonchev–Trinajstić information content (AvgIpc) is 2.61. The van der Waals surface area contributed by atoms with Gasteiger partial charge < -0.3 is 10.6 Å². The Labute approximate surface area is 155 Å². The molecule has 1 aromatic rings. The van der Waals surface area contributed by atoms with Crippen molar-refractivity contribution in [2.45, 2.75) is 78.6 Å². The van der Waals surface area contributed by atoms with Gasteiger partial charge in [0.15, 0.2) is 0 Å². The smallest absolute Gasteiger partial charge is 0.248 e. The second kappa shape index (κ2) is 12.9. The minimum Gasteiger partial charge on any atom is -0.366 e. The Morgan fingerprint density at radius 1 is 0.880 bits per heavy atom. The first-order valence-electron chi connectivity index (χ1n) is 10.3. The van der Waals surface area contributed by atoms with Crippen LogP contribution in [-0.2, 0) is 12.8 Å². The van der Waals surface area contributed by atoms with Crippen molar-refractivity contribution >= 4 is 5.91 Å². The van der Waals surface area contributed by atoms with Crippen LogP contribution in [0.5, 0.6) is 0 Å². The van der Waals surface area contributed by atoms with E-state index in [4.69, 9.17) is 5.73 Å². The lowest BCUT2D eigenvalue weighted by molar-refractivity contribution is 0.0999. The van der Waals surface area contributed by atoms with E-state index in [1.54, 1.807) is 0 Å². The van der Waals surface area contributed by atoms with Crippen LogP contribution in [0, 0.1) is 0 Å². The molecule has 3 nitrogen and oxygen atoms in total. The molecule has 0 aromatic heterocycles. The van der Waals surface area contributed by atoms with Crippen molar-refractivity contribution in [2.24, 2.45) is 5.73 Å². The van der Waals surface area contributed by atoms with E-state index in [1.165, 1.54) is 50.5 Å². The molecule has 0 fully saturated rings. The van der Waals surface area contributed by atoms with Gasteiger partial charge in [0, 0.05) is 12.1 Å². The highest BCUT2D eigenvalue weighted by Gasteiger charge is 2.11. The normalized spacial score (nSPS) is 11.2. The molecule has 1 amide bonds. The van der Waals surface area contributed by atoms with E-state index in [-0.39, 0.29) is 5.91 Å². The van der Waals surface area contributed by atoms with Gasteiger partial charge in [0.2, 0.25) is 5.91 Å². The van der Waals surface area contributed by atoms with Crippen LogP contribution >= 0.6 is 0 Å². The standard InChI is InChI=1S/C22H38N2O/c1-4-7-10-11-19-12-13-21(22(23)25)20(18-19)14-17-24(15-8-5-2)16-9-6-3/h12-13,18H,4-11,14-17H2,1-3H3,(H2,23,25). The molecule has 2 N–H and O–H groups in total. The highest BCUT2D eigenvalue weighted by atomic mass is 16.1. The molecular weight excluding hydrogens is 308 g/mol. The maximum Gasteiger partial charge on any atom is 0.248 e. The van der Waals surface area contributed by atoms with Crippen molar-refractivity contribution in [1.29, 1.82) is 0 Å². The quantitative estimate of drug-likeness (QED) is 0.484. The molecule has 0 radical (unpaired) electrons. The Balaban J connectivity index is 2.76. The Hall–Kier alpha value is -1.35. The third-order valence-corrected chi connectivity index (χ3v) is 4.86. The molecule has 0 unspecified atom stereocenters. The third kappa shape index (κ3) is 8.53. The molecule has 1 aromatic carbocycles. The van der Waals surface area contributed by atoms with E-state index in [0.29, 0.717) is 5.56 Å². The maximum atomic E-state index is 11.8. The van der Waals surface area contributed by atoms with Crippen molar-refractivity contribution in [3.63, 3.8) is 0 Å². The van der Waals surface area contributed by atoms with Gasteiger partial charge in [-0.05, 0) is 62.4 Å². The van der Waals surface area contributed by atoms with Crippen LogP contribution in [0.4, 0.5) is 0 Å². The predicted molar refractivity (Wildman–Crippen MR) is 108 cm³/mol. The summed E-state index contributed by atoms with van der Waals surface area (Å²) < 4.78 is 0. The van der Waals surface area contributed by atoms with Crippen molar-refractivity contribution in [3.05, 3.63) is 34.9 Å². The second-order valence-corrected chi connectivity index (χ2v) is 7.11. The number of unbranched alkanes of at least 4 members (excludes halogenated alkanes) is 4. The van der Waals surface area contributed by atoms with E-state index in [1.807, 2.05) is 6.07 Å². The minimum absolute atomic E-state index is 0.302. The van der Waals surface area contributed by atoms with Gasteiger partial charge in [-0.25, -0.2) is 0 Å². The zero-order valence-electron chi connectivity index (χ0n) is 16.7. The topological polar surface area (TPSA) is 46.3 Å². The van der Waals surface area contributed by atoms with Gasteiger partial charge in [0.25, 0.3) is 0 Å². The van der Waals surface area contributed by atoms with Crippen LogP contribution in [0.25, 0.3) is 0 Å². The Morgan fingerprint density at radius 3 is 2.08 bits per heavy atom. The SMILES string of the molecule is CCCCCc1ccc(C(N)=O)c(CCN(CCCC)CCCC)c1. The van der Waals surface area contributed by atoms with E-state index in [9.17, 15) is 4.79 Å². The lowest BCUT2D eigenvalue weighted by Crippen LogP contribution is -2.29. The molecule has 0 aliphatic heterocycles. The molecule has 0 aliphatic carbocycles. The van der Waals surface area contributed by atoms with Crippen LogP contribution in [0.15, 0.2) is 18.2 Å². The summed E-state index contributed by atoms with van der Waals surface area (Å²) in [6.45, 7) is 10.0. The van der Waals surface area contributed by atoms with Gasteiger partial charge >= 0.3 is 0 Å². The average molecular weight is 347 g/mol. The van der Waals surface area contributed by atoms with E-state index < -0.39 is 0 Å². The Bertz CT molecular complexity index is 491. The summed E-state index contributed by atoms with van der Waals surface area (Å²) in [7, 11) is 0. The van der Waals surface area contributed by atoms with Crippen molar-refractivity contribution in [2.75, 3.05) is 19.6 Å². The molecule has 0 heterocycles. The molecule has 0 atom stereocenters. The molecule has 0 saturated carbocycles. The number of nitrogens with zero attached hydrogens (tertiary/aromatic N) is 1. The third-order valence-electron chi connectivity index (χ3n) is 4.86. The van der Waals surface area contributed by atoms with Gasteiger partial charge in [0.05, 0.1) is 0 Å². The summed E-state index contributed by atoms with van der Waals surface area (Å²) in [6.07, 6.45) is 10.6. The highest BCUT2D eigenvalue weighted by Crippen LogP contribution is 2.16. The Morgan fingerprint density at radius 2 is 1.52 bits per heavy atom. The summed E-state index contributed by atoms with van der Waals surface area (Å²) in [6, 6.07) is 6.22. The molecule has 142 valence electrons. The number of carbonyl (C=O) groups is 1. The minimum atomic E-state index is -0.302. The summed E-state index contributed by atoms with van der Waals surface area (Å²) in [5.41, 5.74) is 8.76. The number of amides is 1. The fourth-order valence-electron chi connectivity index (χ4n) is 3.21. The van der Waals surface area contributed by atoms with Gasteiger partial charge in [-0.15, -0.1) is 0 Å². The van der Waals surface area contributed by atoms with Gasteiger partial charge in [0.1, 0.15) is 0 Å². The molecule has 1 rings (SSSR count). The van der Waals surface area contributed by atoms with Crippen molar-refractivity contribution in [3.8, 4) is 0 Å². The zero-order chi connectivity index (χ0) is 18.5. The fraction of sp³-hybridized carbons (Fsp3) is 0.682. The lowest BCUT2D eigenvalue weighted by atomic mass is 9.97. The van der Waals surface area contributed by atoms with Crippen LogP contribution < -0.4 is 5.73 Å². The largest absolute Gasteiger partial charge is 0.366 e. The van der Waals surface area contributed by atoms with Crippen LogP contribution in [0.2, 0.25) is 0 Å². The predicted octanol–water partition coefficient (Wildman–Crippen LogP) is 4.96. The first-order valence-corrected chi connectivity index (χ1v) is 10.3. The molecule has 0 aliphatic rings. The van der Waals surface area contributed by atoms with Gasteiger partial charge in [-0.1, -0.05) is 58.6 Å². The van der Waals surface area contributed by atoms with E-state index in [2.05, 4.69) is 37.8 Å². The summed E-state index contributed by atoms with van der Waals surface area (Å²) >= 11 is 0. The number of nitrogens with two attached hydrogens (primary N) is 1. The maximum absolute atomic E-state index is 11.8.